The molecule has 3 aromatic rings. The topological polar surface area (TPSA) is 93.2 Å². The second kappa shape index (κ2) is 7.75. The highest BCUT2D eigenvalue weighted by Crippen LogP contribution is 2.22. The van der Waals surface area contributed by atoms with Crippen LogP contribution in [-0.2, 0) is 26.3 Å². The predicted molar refractivity (Wildman–Crippen MR) is 102 cm³/mol. The van der Waals surface area contributed by atoms with Crippen molar-refractivity contribution in [3.05, 3.63) is 71.5 Å². The number of nitrogens with one attached hydrogen (secondary N) is 1. The molecule has 0 atom stereocenters. The van der Waals surface area contributed by atoms with Crippen molar-refractivity contribution in [1.29, 1.82) is 0 Å². The van der Waals surface area contributed by atoms with Crippen molar-refractivity contribution in [1.82, 2.24) is 4.98 Å². The third-order valence-electron chi connectivity index (χ3n) is 3.69. The fraction of sp³-hybridized carbons (Fsp3) is 0.118. The minimum absolute atomic E-state index is 0.0395. The average molecular weight is 427 g/mol. The van der Waals surface area contributed by atoms with E-state index < -0.39 is 25.0 Å². The van der Waals surface area contributed by atoms with Gasteiger partial charge in [0, 0.05) is 0 Å². The third-order valence-corrected chi connectivity index (χ3v) is 7.61. The first-order valence-corrected chi connectivity index (χ1v) is 11.7. The molecule has 10 heteroatoms. The van der Waals surface area contributed by atoms with Crippen LogP contribution < -0.4 is 4.72 Å². The van der Waals surface area contributed by atoms with Crippen molar-refractivity contribution in [3.63, 3.8) is 0 Å². The van der Waals surface area contributed by atoms with Gasteiger partial charge in [0.2, 0.25) is 0 Å². The zero-order chi connectivity index (χ0) is 19.5. The van der Waals surface area contributed by atoms with Crippen molar-refractivity contribution in [2.75, 3.05) is 10.5 Å². The predicted octanol–water partition coefficient (Wildman–Crippen LogP) is 3.10. The van der Waals surface area contributed by atoms with Crippen LogP contribution in [0.5, 0.6) is 0 Å². The molecule has 1 heterocycles. The van der Waals surface area contributed by atoms with E-state index in [1.54, 1.807) is 0 Å². The van der Waals surface area contributed by atoms with Crippen LogP contribution in [0, 0.1) is 5.13 Å². The Morgan fingerprint density at radius 2 is 1.56 bits per heavy atom. The smallest absolute Gasteiger partial charge is 0.255 e. The second-order valence-electron chi connectivity index (χ2n) is 5.60. The summed E-state index contributed by atoms with van der Waals surface area (Å²) in [5, 5.41) is -0.723. The number of sulfonamides is 1. The summed E-state index contributed by atoms with van der Waals surface area (Å²) in [6.45, 7) is 0. The Labute approximate surface area is 160 Å². The Morgan fingerprint density at radius 1 is 0.926 bits per heavy atom. The number of halogens is 1. The molecule has 0 unspecified atom stereocenters. The van der Waals surface area contributed by atoms with E-state index in [-0.39, 0.29) is 20.7 Å². The van der Waals surface area contributed by atoms with Gasteiger partial charge >= 0.3 is 0 Å². The number of sulfone groups is 1. The maximum atomic E-state index is 12.9. The fourth-order valence-electron chi connectivity index (χ4n) is 2.32. The zero-order valence-corrected chi connectivity index (χ0v) is 16.3. The summed E-state index contributed by atoms with van der Waals surface area (Å²) >= 11 is 0.557. The van der Waals surface area contributed by atoms with Gasteiger partial charge in [-0.1, -0.05) is 41.7 Å². The molecule has 3 rings (SSSR count). The van der Waals surface area contributed by atoms with Crippen molar-refractivity contribution in [2.45, 2.75) is 16.2 Å². The Morgan fingerprint density at radius 3 is 2.15 bits per heavy atom. The molecule has 0 fully saturated rings. The molecule has 0 bridgehead atoms. The fourth-order valence-corrected chi connectivity index (χ4v) is 5.39. The number of thiazole rings is 1. The molecule has 27 heavy (non-hydrogen) atoms. The highest BCUT2D eigenvalue weighted by Gasteiger charge is 2.19. The Kier molecular flexibility index (Phi) is 5.59. The lowest BCUT2D eigenvalue weighted by Crippen LogP contribution is -2.13. The maximum Gasteiger partial charge on any atom is 0.263 e. The molecule has 0 radical (unpaired) electrons. The van der Waals surface area contributed by atoms with E-state index in [1.807, 2.05) is 30.3 Å². The van der Waals surface area contributed by atoms with Crippen LogP contribution in [0.15, 0.2) is 70.6 Å². The summed E-state index contributed by atoms with van der Waals surface area (Å²) in [4.78, 5) is 3.49. The highest BCUT2D eigenvalue weighted by molar-refractivity contribution is 7.93. The van der Waals surface area contributed by atoms with Crippen molar-refractivity contribution < 1.29 is 21.2 Å². The van der Waals surface area contributed by atoms with Crippen LogP contribution in [0.2, 0.25) is 0 Å². The Balaban J connectivity index is 1.73. The summed E-state index contributed by atoms with van der Waals surface area (Å²) < 4.78 is 64.5. The molecule has 142 valence electrons. The van der Waals surface area contributed by atoms with Gasteiger partial charge in [0.05, 0.1) is 21.7 Å². The first-order chi connectivity index (χ1) is 12.8. The lowest BCUT2D eigenvalue weighted by Gasteiger charge is -2.08. The molecule has 0 spiro atoms. The molecular formula is C17H15FN2O4S3. The maximum absolute atomic E-state index is 12.9. The van der Waals surface area contributed by atoms with Crippen LogP contribution in [0.3, 0.4) is 0 Å². The minimum atomic E-state index is -3.98. The summed E-state index contributed by atoms with van der Waals surface area (Å²) in [6.07, 6.45) is 1.27. The first kappa shape index (κ1) is 19.5. The second-order valence-corrected chi connectivity index (χ2v) is 10.4. The zero-order valence-electron chi connectivity index (χ0n) is 13.9. The van der Waals surface area contributed by atoms with Gasteiger partial charge in [0.25, 0.3) is 10.0 Å². The Bertz CT molecular complexity index is 1130. The van der Waals surface area contributed by atoms with E-state index in [9.17, 15) is 21.2 Å². The molecule has 0 amide bonds. The molecule has 0 aliphatic heterocycles. The van der Waals surface area contributed by atoms with Gasteiger partial charge < -0.3 is 0 Å². The van der Waals surface area contributed by atoms with E-state index in [0.717, 1.165) is 11.8 Å². The first-order valence-electron chi connectivity index (χ1n) is 7.77. The number of anilines is 1. The van der Waals surface area contributed by atoms with E-state index in [0.29, 0.717) is 17.8 Å². The molecule has 1 N–H and O–H groups in total. The molecule has 0 aliphatic carbocycles. The van der Waals surface area contributed by atoms with E-state index in [2.05, 4.69) is 9.71 Å². The molecule has 0 saturated heterocycles. The van der Waals surface area contributed by atoms with Gasteiger partial charge in [0.15, 0.2) is 20.1 Å². The largest absolute Gasteiger partial charge is 0.263 e. The van der Waals surface area contributed by atoms with Gasteiger partial charge in [-0.25, -0.2) is 21.8 Å². The van der Waals surface area contributed by atoms with E-state index in [1.165, 1.54) is 24.3 Å². The molecular weight excluding hydrogens is 411 g/mol. The number of aryl methyl sites for hydroxylation is 1. The summed E-state index contributed by atoms with van der Waals surface area (Å²) in [6, 6.07) is 14.1. The standard InChI is InChI=1S/C17H15FN2O4S3/c18-16-12-19-17(25-16)20-27(23,24)15-8-6-14(7-9-15)26(21,22)11-10-13-4-2-1-3-5-13/h1-9,12H,10-11H2,(H,19,20). The quantitative estimate of drug-likeness (QED) is 0.627. The van der Waals surface area contributed by atoms with Gasteiger partial charge in [-0.05, 0) is 36.2 Å². The van der Waals surface area contributed by atoms with Crippen molar-refractivity contribution in [3.8, 4) is 0 Å². The number of nitrogens with zero attached hydrogens (tertiary/aromatic N) is 1. The van der Waals surface area contributed by atoms with Crippen LogP contribution in [0.1, 0.15) is 5.56 Å². The molecule has 0 aliphatic rings. The summed E-state index contributed by atoms with van der Waals surface area (Å²) in [7, 11) is -7.53. The summed E-state index contributed by atoms with van der Waals surface area (Å²) in [5.74, 6) is -0.0836. The normalized spacial score (nSPS) is 12.0. The van der Waals surface area contributed by atoms with Gasteiger partial charge in [0.1, 0.15) is 0 Å². The molecule has 2 aromatic carbocycles. The summed E-state index contributed by atoms with van der Waals surface area (Å²) in [5.41, 5.74) is 0.903. The van der Waals surface area contributed by atoms with Crippen LogP contribution in [0.4, 0.5) is 9.52 Å². The number of rotatable bonds is 7. The molecule has 1 aromatic heterocycles. The van der Waals surface area contributed by atoms with E-state index >= 15 is 0 Å². The van der Waals surface area contributed by atoms with Gasteiger partial charge in [-0.3, -0.25) is 4.72 Å². The lowest BCUT2D eigenvalue weighted by atomic mass is 10.2. The lowest BCUT2D eigenvalue weighted by molar-refractivity contribution is 0.593. The van der Waals surface area contributed by atoms with E-state index in [4.69, 9.17) is 0 Å². The van der Waals surface area contributed by atoms with Crippen LogP contribution >= 0.6 is 11.3 Å². The van der Waals surface area contributed by atoms with Crippen LogP contribution in [-0.4, -0.2) is 27.6 Å². The highest BCUT2D eigenvalue weighted by atomic mass is 32.2. The number of benzene rings is 2. The monoisotopic (exact) mass is 426 g/mol. The number of hydrogen-bond donors (Lipinski definition) is 1. The SMILES string of the molecule is O=S(=O)(CCc1ccccc1)c1ccc(S(=O)(=O)Nc2ncc(F)s2)cc1. The minimum Gasteiger partial charge on any atom is -0.255 e. The average Bonchev–Trinajstić information content (AvgIpc) is 3.05. The van der Waals surface area contributed by atoms with Crippen molar-refractivity contribution >= 4 is 36.3 Å². The third kappa shape index (κ3) is 4.90. The Hall–Kier alpha value is -2.30. The molecule has 0 saturated carbocycles. The van der Waals surface area contributed by atoms with Gasteiger partial charge in [-0.15, -0.1) is 0 Å². The van der Waals surface area contributed by atoms with Crippen molar-refractivity contribution in [2.24, 2.45) is 0 Å². The molecule has 6 nitrogen and oxygen atoms in total. The van der Waals surface area contributed by atoms with Crippen LogP contribution in [0.25, 0.3) is 0 Å². The number of hydrogen-bond acceptors (Lipinski definition) is 6. The van der Waals surface area contributed by atoms with Gasteiger partial charge in [-0.2, -0.15) is 4.39 Å². The number of aromatic nitrogens is 1.